The molecule has 0 amide bonds. The van der Waals surface area contributed by atoms with Gasteiger partial charge in [0, 0.05) is 10.2 Å². The van der Waals surface area contributed by atoms with Crippen molar-refractivity contribution in [3.05, 3.63) is 22.9 Å². The zero-order valence-corrected chi connectivity index (χ0v) is 15.0. The van der Waals surface area contributed by atoms with E-state index in [2.05, 4.69) is 32.9 Å². The van der Waals surface area contributed by atoms with Crippen molar-refractivity contribution in [1.82, 2.24) is 0 Å². The smallest absolute Gasteiger partial charge is 0.0636 e. The Balaban J connectivity index is 1.58. The first-order chi connectivity index (χ1) is 8.95. The van der Waals surface area contributed by atoms with Gasteiger partial charge in [-0.15, -0.1) is 0 Å². The highest BCUT2D eigenvalue weighted by atomic mass is 28.1. The molecule has 2 bridgehead atoms. The highest BCUT2D eigenvalue weighted by molar-refractivity contribution is 6.22. The molecule has 1 nitrogen and oxygen atoms in total. The third-order valence-electron chi connectivity index (χ3n) is 6.70. The normalized spacial score (nSPS) is 39.7. The lowest BCUT2D eigenvalue weighted by Gasteiger charge is -2.39. The average molecular weight is 276 g/mol. The van der Waals surface area contributed by atoms with Crippen LogP contribution in [0.1, 0.15) is 52.9 Å². The summed E-state index contributed by atoms with van der Waals surface area (Å²) < 4.78 is 6.33. The highest BCUT2D eigenvalue weighted by Gasteiger charge is 2.61. The van der Waals surface area contributed by atoms with Crippen molar-refractivity contribution in [2.24, 2.45) is 16.7 Å². The van der Waals surface area contributed by atoms with Gasteiger partial charge in [-0.05, 0) is 48.9 Å². The molecule has 0 aromatic carbocycles. The van der Waals surface area contributed by atoms with Gasteiger partial charge in [0.2, 0.25) is 0 Å². The standard InChI is InChI=1S/C17H28OSi/c1-16(2)13-7-9-17(16,3)15(11-13)18-10-8-12-5-4-6-14(12)19/h4-5,13,15H,6-11H2,1-3,19H3. The van der Waals surface area contributed by atoms with Crippen LogP contribution in [0.2, 0.25) is 0 Å². The molecule has 2 heteroatoms. The fourth-order valence-corrected chi connectivity index (χ4v) is 5.29. The first-order valence-electron chi connectivity index (χ1n) is 7.92. The van der Waals surface area contributed by atoms with E-state index < -0.39 is 0 Å². The van der Waals surface area contributed by atoms with Crippen LogP contribution >= 0.6 is 0 Å². The molecule has 0 aliphatic heterocycles. The molecule has 2 saturated carbocycles. The summed E-state index contributed by atoms with van der Waals surface area (Å²) in [6.07, 6.45) is 11.5. The van der Waals surface area contributed by atoms with Gasteiger partial charge in [0.15, 0.2) is 0 Å². The van der Waals surface area contributed by atoms with Gasteiger partial charge in [0.05, 0.1) is 12.7 Å². The molecule has 19 heavy (non-hydrogen) atoms. The zero-order valence-electron chi connectivity index (χ0n) is 13.0. The summed E-state index contributed by atoms with van der Waals surface area (Å²) in [6.45, 7) is 8.32. The van der Waals surface area contributed by atoms with Crippen LogP contribution in [0.5, 0.6) is 0 Å². The maximum atomic E-state index is 6.33. The van der Waals surface area contributed by atoms with Crippen molar-refractivity contribution in [1.29, 1.82) is 0 Å². The van der Waals surface area contributed by atoms with Gasteiger partial charge >= 0.3 is 0 Å². The molecule has 0 saturated heterocycles. The summed E-state index contributed by atoms with van der Waals surface area (Å²) in [5, 5.41) is 1.67. The largest absolute Gasteiger partial charge is 0.377 e. The van der Waals surface area contributed by atoms with Gasteiger partial charge in [0.25, 0.3) is 0 Å². The maximum absolute atomic E-state index is 6.33. The Morgan fingerprint density at radius 3 is 2.68 bits per heavy atom. The SMILES string of the molecule is CC1(C)C2CCC1(C)C(OCCC1=C([SiH3])CC=C1)C2. The van der Waals surface area contributed by atoms with E-state index in [-0.39, 0.29) is 0 Å². The Morgan fingerprint density at radius 1 is 1.37 bits per heavy atom. The fourth-order valence-electron chi connectivity index (χ4n) is 4.64. The van der Waals surface area contributed by atoms with E-state index in [0.717, 1.165) is 18.9 Å². The summed E-state index contributed by atoms with van der Waals surface area (Å²) >= 11 is 0. The molecule has 3 rings (SSSR count). The molecule has 3 unspecified atom stereocenters. The number of ether oxygens (including phenoxy) is 1. The zero-order chi connectivity index (χ0) is 13.7. The Kier molecular flexibility index (Phi) is 3.30. The van der Waals surface area contributed by atoms with Gasteiger partial charge in [-0.3, -0.25) is 0 Å². The van der Waals surface area contributed by atoms with E-state index in [1.807, 2.05) is 0 Å². The van der Waals surface area contributed by atoms with Crippen molar-refractivity contribution in [2.75, 3.05) is 6.61 Å². The van der Waals surface area contributed by atoms with E-state index in [0.29, 0.717) is 16.9 Å². The van der Waals surface area contributed by atoms with Gasteiger partial charge in [0.1, 0.15) is 0 Å². The van der Waals surface area contributed by atoms with Crippen LogP contribution in [-0.4, -0.2) is 23.0 Å². The van der Waals surface area contributed by atoms with E-state index >= 15 is 0 Å². The van der Waals surface area contributed by atoms with Gasteiger partial charge in [-0.1, -0.05) is 43.7 Å². The van der Waals surface area contributed by atoms with Crippen LogP contribution in [0.3, 0.4) is 0 Å². The molecule has 3 atom stereocenters. The number of fused-ring (bicyclic) bond motifs is 2. The minimum atomic E-state index is 0.418. The molecule has 0 aromatic rings. The quantitative estimate of drug-likeness (QED) is 0.717. The third kappa shape index (κ3) is 1.99. The van der Waals surface area contributed by atoms with Gasteiger partial charge in [-0.2, -0.15) is 0 Å². The Labute approximate surface area is 120 Å². The van der Waals surface area contributed by atoms with Crippen molar-refractivity contribution in [2.45, 2.75) is 59.0 Å². The van der Waals surface area contributed by atoms with Crippen LogP contribution in [0.4, 0.5) is 0 Å². The molecule has 0 spiro atoms. The first-order valence-corrected chi connectivity index (χ1v) is 8.92. The Hall–Kier alpha value is -0.343. The second-order valence-electron chi connectivity index (χ2n) is 7.63. The molecule has 3 aliphatic carbocycles. The molecule has 0 aromatic heterocycles. The molecule has 3 aliphatic rings. The summed E-state index contributed by atoms with van der Waals surface area (Å²) in [6, 6.07) is 0. The Morgan fingerprint density at radius 2 is 2.16 bits per heavy atom. The second-order valence-corrected chi connectivity index (χ2v) is 8.84. The average Bonchev–Trinajstić information content (AvgIpc) is 2.91. The minimum absolute atomic E-state index is 0.418. The third-order valence-corrected chi connectivity index (χ3v) is 7.75. The number of hydrogen-bond donors (Lipinski definition) is 0. The van der Waals surface area contributed by atoms with Crippen LogP contribution in [0.15, 0.2) is 22.9 Å². The molecule has 106 valence electrons. The first kappa shape index (κ1) is 13.6. The fraction of sp³-hybridized carbons (Fsp3) is 0.765. The molecule has 0 heterocycles. The molecule has 2 fully saturated rings. The molecule has 0 N–H and O–H groups in total. The van der Waals surface area contributed by atoms with Crippen LogP contribution < -0.4 is 0 Å². The van der Waals surface area contributed by atoms with E-state index in [9.17, 15) is 0 Å². The lowest BCUT2D eigenvalue weighted by atomic mass is 9.70. The summed E-state index contributed by atoms with van der Waals surface area (Å²) in [5.41, 5.74) is 2.47. The second kappa shape index (κ2) is 4.59. The Bertz CT molecular complexity index is 435. The van der Waals surface area contributed by atoms with Gasteiger partial charge in [-0.25, -0.2) is 0 Å². The van der Waals surface area contributed by atoms with Crippen LogP contribution in [-0.2, 0) is 4.74 Å². The summed E-state index contributed by atoms with van der Waals surface area (Å²) in [5.74, 6) is 0.891. The minimum Gasteiger partial charge on any atom is -0.377 e. The number of allylic oxidation sites excluding steroid dienone is 3. The van der Waals surface area contributed by atoms with Crippen molar-refractivity contribution < 1.29 is 4.74 Å². The van der Waals surface area contributed by atoms with E-state index in [1.54, 1.807) is 10.8 Å². The number of rotatable bonds is 4. The van der Waals surface area contributed by atoms with Gasteiger partial charge < -0.3 is 4.74 Å². The van der Waals surface area contributed by atoms with Crippen LogP contribution in [0, 0.1) is 16.7 Å². The van der Waals surface area contributed by atoms with Crippen molar-refractivity contribution in [3.63, 3.8) is 0 Å². The maximum Gasteiger partial charge on any atom is 0.0636 e. The van der Waals surface area contributed by atoms with E-state index in [1.165, 1.54) is 35.9 Å². The van der Waals surface area contributed by atoms with Crippen LogP contribution in [0.25, 0.3) is 0 Å². The highest BCUT2D eigenvalue weighted by Crippen LogP contribution is 2.66. The molecular formula is C17H28OSi. The topological polar surface area (TPSA) is 9.23 Å². The monoisotopic (exact) mass is 276 g/mol. The molecule has 0 radical (unpaired) electrons. The predicted octanol–water partition coefficient (Wildman–Crippen LogP) is 3.19. The van der Waals surface area contributed by atoms with Crippen molar-refractivity contribution >= 4 is 10.2 Å². The molecular weight excluding hydrogens is 248 g/mol. The number of hydrogen-bond acceptors (Lipinski definition) is 1. The summed E-state index contributed by atoms with van der Waals surface area (Å²) in [4.78, 5) is 0. The predicted molar refractivity (Wildman–Crippen MR) is 84.3 cm³/mol. The lowest BCUT2D eigenvalue weighted by Crippen LogP contribution is -2.37. The van der Waals surface area contributed by atoms with Crippen molar-refractivity contribution in [3.8, 4) is 0 Å². The lowest BCUT2D eigenvalue weighted by molar-refractivity contribution is -0.0451. The summed E-state index contributed by atoms with van der Waals surface area (Å²) in [7, 11) is 1.21. The van der Waals surface area contributed by atoms with E-state index in [4.69, 9.17) is 4.74 Å².